The summed E-state index contributed by atoms with van der Waals surface area (Å²) in [4.78, 5) is 12.3. The van der Waals surface area contributed by atoms with E-state index < -0.39 is 21.0 Å². The number of carbonyl (C=O) groups excluding carboxylic acids is 1. The van der Waals surface area contributed by atoms with Gasteiger partial charge in [-0.2, -0.15) is 0 Å². The quantitative estimate of drug-likeness (QED) is 0.273. The number of unbranched alkanes of at least 4 members (excludes halogenated alkanes) is 1. The third kappa shape index (κ3) is 7.50. The van der Waals surface area contributed by atoms with Crippen molar-refractivity contribution in [3.05, 3.63) is 53.6 Å². The molecule has 1 heterocycles. The van der Waals surface area contributed by atoms with E-state index in [0.29, 0.717) is 29.9 Å². The minimum atomic E-state index is -3.65. The van der Waals surface area contributed by atoms with Gasteiger partial charge in [0.05, 0.1) is 30.4 Å². The maximum Gasteiger partial charge on any atom is 0.306 e. The largest absolute Gasteiger partial charge is 0.493 e. The van der Waals surface area contributed by atoms with Gasteiger partial charge in [-0.25, -0.2) is 8.42 Å². The number of nitrogens with one attached hydrogen (secondary N) is 1. The molecule has 0 saturated heterocycles. The number of fused-ring (bicyclic) bond motifs is 1. The predicted octanol–water partition coefficient (Wildman–Crippen LogP) is 6.00. The number of benzene rings is 2. The van der Waals surface area contributed by atoms with Gasteiger partial charge in [0.2, 0.25) is 0 Å². The molecule has 2 aromatic carbocycles. The lowest BCUT2D eigenvalue weighted by Crippen LogP contribution is -2.50. The van der Waals surface area contributed by atoms with Crippen LogP contribution in [-0.4, -0.2) is 45.0 Å². The third-order valence-electron chi connectivity index (χ3n) is 6.88. The first-order valence-corrected chi connectivity index (χ1v) is 15.2. The number of ether oxygens (including phenoxy) is 3. The first-order chi connectivity index (χ1) is 17.9. The molecule has 1 aliphatic heterocycles. The van der Waals surface area contributed by atoms with Crippen LogP contribution >= 0.6 is 0 Å². The molecule has 0 spiro atoms. The van der Waals surface area contributed by atoms with Crippen molar-refractivity contribution in [2.24, 2.45) is 0 Å². The highest BCUT2D eigenvalue weighted by atomic mass is 32.2. The summed E-state index contributed by atoms with van der Waals surface area (Å²) in [7, 11) is -2.11. The maximum atomic E-state index is 13.9. The smallest absolute Gasteiger partial charge is 0.306 e. The number of hydrogen-bond donors (Lipinski definition) is 1. The van der Waals surface area contributed by atoms with Crippen molar-refractivity contribution in [3.63, 3.8) is 0 Å². The van der Waals surface area contributed by atoms with Crippen LogP contribution in [0.2, 0.25) is 0 Å². The average molecular weight is 546 g/mol. The molecule has 2 atom stereocenters. The van der Waals surface area contributed by atoms with Crippen LogP contribution in [0.3, 0.4) is 0 Å². The summed E-state index contributed by atoms with van der Waals surface area (Å²) in [6, 6.07) is 13.0. The summed E-state index contributed by atoms with van der Waals surface area (Å²) < 4.78 is 44.8. The van der Waals surface area contributed by atoms with Gasteiger partial charge in [-0.15, -0.1) is 0 Å². The Labute approximate surface area is 228 Å². The number of methoxy groups -OCH3 is 1. The predicted molar refractivity (Wildman–Crippen MR) is 150 cm³/mol. The van der Waals surface area contributed by atoms with Crippen LogP contribution < -0.4 is 14.8 Å². The molecule has 210 valence electrons. The molecule has 0 aromatic heterocycles. The maximum absolute atomic E-state index is 13.9. The van der Waals surface area contributed by atoms with Gasteiger partial charge in [-0.1, -0.05) is 57.0 Å². The Morgan fingerprint density at radius 2 is 1.79 bits per heavy atom. The van der Waals surface area contributed by atoms with Gasteiger partial charge < -0.3 is 14.2 Å². The van der Waals surface area contributed by atoms with Crippen molar-refractivity contribution in [3.8, 4) is 11.5 Å². The van der Waals surface area contributed by atoms with Crippen LogP contribution in [0, 0.1) is 0 Å². The highest BCUT2D eigenvalue weighted by Gasteiger charge is 2.42. The normalized spacial score (nSPS) is 20.7. The Balaban J connectivity index is 1.98. The number of carbonyl (C=O) groups is 1. The molecule has 0 radical (unpaired) electrons. The van der Waals surface area contributed by atoms with Crippen LogP contribution in [0.5, 0.6) is 11.5 Å². The molecular weight excluding hydrogens is 502 g/mol. The third-order valence-corrected chi connectivity index (χ3v) is 8.84. The second-order valence-corrected chi connectivity index (χ2v) is 13.0. The monoisotopic (exact) mass is 545 g/mol. The van der Waals surface area contributed by atoms with Gasteiger partial charge >= 0.3 is 5.97 Å². The van der Waals surface area contributed by atoms with Crippen LogP contribution in [0.4, 0.5) is 0 Å². The van der Waals surface area contributed by atoms with Crippen LogP contribution in [-0.2, 0) is 19.4 Å². The van der Waals surface area contributed by atoms with Gasteiger partial charge in [0.1, 0.15) is 5.60 Å². The molecule has 0 aliphatic carbocycles. The summed E-state index contributed by atoms with van der Waals surface area (Å²) in [6.45, 7) is 9.88. The molecule has 1 N–H and O–H groups in total. The molecule has 3 rings (SSSR count). The van der Waals surface area contributed by atoms with Gasteiger partial charge in [0.15, 0.2) is 21.3 Å². The number of rotatable bonds is 11. The summed E-state index contributed by atoms with van der Waals surface area (Å²) in [6.07, 6.45) is 4.02. The van der Waals surface area contributed by atoms with Gasteiger partial charge in [0.25, 0.3) is 0 Å². The lowest BCUT2D eigenvalue weighted by Gasteiger charge is -2.36. The fourth-order valence-electron chi connectivity index (χ4n) is 4.93. The SMILES string of the molecule is CCCC[C@]1(CC)CS(=O)(=O)c2cc(OCCCC(=O)OC(C)(C)C)c(OC)cc2[C@@H](c2ccccc2)N1. The molecule has 7 nitrogen and oxygen atoms in total. The molecule has 8 heteroatoms. The van der Waals surface area contributed by atoms with Crippen LogP contribution in [0.1, 0.15) is 90.3 Å². The molecule has 2 aromatic rings. The van der Waals surface area contributed by atoms with Crippen LogP contribution in [0.25, 0.3) is 0 Å². The van der Waals surface area contributed by atoms with Crippen molar-refractivity contribution in [1.29, 1.82) is 0 Å². The van der Waals surface area contributed by atoms with Gasteiger partial charge in [-0.3, -0.25) is 10.1 Å². The van der Waals surface area contributed by atoms with E-state index in [1.165, 1.54) is 0 Å². The van der Waals surface area contributed by atoms with E-state index in [9.17, 15) is 13.2 Å². The minimum absolute atomic E-state index is 0.0112. The van der Waals surface area contributed by atoms with E-state index in [1.54, 1.807) is 19.2 Å². The van der Waals surface area contributed by atoms with E-state index in [1.807, 2.05) is 51.1 Å². The summed E-state index contributed by atoms with van der Waals surface area (Å²) in [5.41, 5.74) is 0.547. The van der Waals surface area contributed by atoms with E-state index >= 15 is 0 Å². The van der Waals surface area contributed by atoms with E-state index in [-0.39, 0.29) is 35.7 Å². The summed E-state index contributed by atoms with van der Waals surface area (Å²) in [5, 5.41) is 3.77. The molecular formula is C30H43NO6S. The molecule has 0 bridgehead atoms. The Morgan fingerprint density at radius 1 is 1.08 bits per heavy atom. The number of esters is 1. The second kappa shape index (κ2) is 12.5. The van der Waals surface area contributed by atoms with Crippen molar-refractivity contribution >= 4 is 15.8 Å². The Kier molecular flexibility index (Phi) is 9.87. The van der Waals surface area contributed by atoms with Crippen LogP contribution in [0.15, 0.2) is 47.4 Å². The fourth-order valence-corrected chi connectivity index (χ4v) is 7.07. The zero-order valence-electron chi connectivity index (χ0n) is 23.6. The lowest BCUT2D eigenvalue weighted by molar-refractivity contribution is -0.155. The van der Waals surface area contributed by atoms with Crippen molar-refractivity contribution < 1.29 is 27.4 Å². The van der Waals surface area contributed by atoms with E-state index in [0.717, 1.165) is 24.8 Å². The highest BCUT2D eigenvalue weighted by Crippen LogP contribution is 2.43. The molecule has 1 aliphatic rings. The Bertz CT molecular complexity index is 1190. The lowest BCUT2D eigenvalue weighted by atomic mass is 9.88. The highest BCUT2D eigenvalue weighted by molar-refractivity contribution is 7.91. The second-order valence-electron chi connectivity index (χ2n) is 11.1. The Hall–Kier alpha value is -2.58. The zero-order valence-corrected chi connectivity index (χ0v) is 24.4. The minimum Gasteiger partial charge on any atom is -0.493 e. The van der Waals surface area contributed by atoms with E-state index in [2.05, 4.69) is 19.2 Å². The average Bonchev–Trinajstić information content (AvgIpc) is 2.96. The molecule has 0 unspecified atom stereocenters. The standard InChI is InChI=1S/C30H43NO6S/c1-7-9-17-30(8-2)21-38(33,34)26-20-25(36-18-13-16-27(32)37-29(3,4)5)24(35-6)19-23(26)28(31-30)22-14-11-10-12-15-22/h10-12,14-15,19-20,28,31H,7-9,13,16-18,21H2,1-6H3/t28-,30-/m1/s1. The van der Waals surface area contributed by atoms with Crippen molar-refractivity contribution in [2.45, 2.75) is 95.2 Å². The number of sulfone groups is 1. The summed E-state index contributed by atoms with van der Waals surface area (Å²) >= 11 is 0. The topological polar surface area (TPSA) is 90.9 Å². The van der Waals surface area contributed by atoms with Crippen molar-refractivity contribution in [1.82, 2.24) is 5.32 Å². The van der Waals surface area contributed by atoms with Gasteiger partial charge in [0, 0.05) is 18.0 Å². The Morgan fingerprint density at radius 3 is 2.39 bits per heavy atom. The van der Waals surface area contributed by atoms with Gasteiger partial charge in [-0.05, 0) is 57.2 Å². The molecule has 0 saturated carbocycles. The molecule has 38 heavy (non-hydrogen) atoms. The first-order valence-electron chi connectivity index (χ1n) is 13.6. The summed E-state index contributed by atoms with van der Waals surface area (Å²) in [5.74, 6) is 0.522. The molecule has 0 amide bonds. The molecule has 0 fully saturated rings. The number of hydrogen-bond acceptors (Lipinski definition) is 7. The van der Waals surface area contributed by atoms with Crippen molar-refractivity contribution in [2.75, 3.05) is 19.5 Å². The zero-order chi connectivity index (χ0) is 28.0. The first kappa shape index (κ1) is 30.0. The van der Waals surface area contributed by atoms with E-state index in [4.69, 9.17) is 14.2 Å². The fraction of sp³-hybridized carbons (Fsp3) is 0.567.